The molecule has 0 aliphatic rings. The highest BCUT2D eigenvalue weighted by molar-refractivity contribution is 9.10. The van der Waals surface area contributed by atoms with Gasteiger partial charge in [0, 0.05) is 16.6 Å². The molecule has 0 radical (unpaired) electrons. The number of nitrogens with one attached hydrogen (secondary N) is 1. The molecule has 18 heavy (non-hydrogen) atoms. The Balaban J connectivity index is 2.04. The van der Waals surface area contributed by atoms with Crippen LogP contribution in [0, 0.1) is 6.92 Å². The monoisotopic (exact) mass is 343 g/mol. The van der Waals surface area contributed by atoms with Gasteiger partial charge in [0.2, 0.25) is 0 Å². The fourth-order valence-electron chi connectivity index (χ4n) is 1.48. The number of hydrogen-bond donors (Lipinski definition) is 1. The van der Waals surface area contributed by atoms with E-state index in [4.69, 9.17) is 11.6 Å². The molecule has 1 aromatic heterocycles. The number of halogens is 2. The average molecular weight is 345 g/mol. The zero-order valence-electron chi connectivity index (χ0n) is 9.67. The Bertz CT molecular complexity index is 582. The summed E-state index contributed by atoms with van der Waals surface area (Å²) in [7, 11) is 0. The van der Waals surface area contributed by atoms with Crippen LogP contribution >= 0.6 is 38.9 Å². The number of aryl methyl sites for hydroxylation is 1. The first-order valence-electron chi connectivity index (χ1n) is 5.33. The van der Waals surface area contributed by atoms with Crippen molar-refractivity contribution in [2.75, 3.05) is 0 Å². The standard InChI is InChI=1S/C13H11BrClNOS/c1-8-6-18-7-10(8)5-16-13(17)9-2-3-12(15)11(14)4-9/h2-4,6-7H,5H2,1H3,(H,16,17). The highest BCUT2D eigenvalue weighted by Gasteiger charge is 2.08. The second kappa shape index (κ2) is 5.87. The van der Waals surface area contributed by atoms with Crippen molar-refractivity contribution in [3.8, 4) is 0 Å². The summed E-state index contributed by atoms with van der Waals surface area (Å²) >= 11 is 10.8. The van der Waals surface area contributed by atoms with E-state index in [2.05, 4.69) is 26.6 Å². The van der Waals surface area contributed by atoms with E-state index in [0.29, 0.717) is 17.1 Å². The Kier molecular flexibility index (Phi) is 4.43. The second-order valence-electron chi connectivity index (χ2n) is 3.89. The summed E-state index contributed by atoms with van der Waals surface area (Å²) in [5.74, 6) is -0.0991. The highest BCUT2D eigenvalue weighted by atomic mass is 79.9. The first-order chi connectivity index (χ1) is 8.58. The molecule has 0 saturated heterocycles. The van der Waals surface area contributed by atoms with Gasteiger partial charge in [0.25, 0.3) is 5.91 Å². The van der Waals surface area contributed by atoms with Crippen molar-refractivity contribution < 1.29 is 4.79 Å². The van der Waals surface area contributed by atoms with Crippen LogP contribution in [0.2, 0.25) is 5.02 Å². The smallest absolute Gasteiger partial charge is 0.251 e. The van der Waals surface area contributed by atoms with Crippen molar-refractivity contribution in [1.29, 1.82) is 0 Å². The van der Waals surface area contributed by atoms with Gasteiger partial charge in [0.1, 0.15) is 0 Å². The summed E-state index contributed by atoms with van der Waals surface area (Å²) in [6.45, 7) is 2.59. The second-order valence-corrected chi connectivity index (χ2v) is 5.90. The van der Waals surface area contributed by atoms with Crippen LogP contribution in [0.4, 0.5) is 0 Å². The van der Waals surface area contributed by atoms with E-state index in [-0.39, 0.29) is 5.91 Å². The third kappa shape index (κ3) is 3.13. The molecule has 0 bridgehead atoms. The first kappa shape index (κ1) is 13.6. The maximum atomic E-state index is 11.9. The van der Waals surface area contributed by atoms with Gasteiger partial charge >= 0.3 is 0 Å². The molecule has 5 heteroatoms. The van der Waals surface area contributed by atoms with Crippen LogP contribution < -0.4 is 5.32 Å². The number of amides is 1. The Morgan fingerprint density at radius 2 is 2.22 bits per heavy atom. The third-order valence-corrected chi connectivity index (χ3v) is 4.71. The van der Waals surface area contributed by atoms with Crippen molar-refractivity contribution in [2.24, 2.45) is 0 Å². The van der Waals surface area contributed by atoms with Crippen molar-refractivity contribution in [2.45, 2.75) is 13.5 Å². The van der Waals surface area contributed by atoms with Crippen LogP contribution in [0.3, 0.4) is 0 Å². The lowest BCUT2D eigenvalue weighted by Gasteiger charge is -2.06. The number of carbonyl (C=O) groups excluding carboxylic acids is 1. The zero-order valence-corrected chi connectivity index (χ0v) is 12.8. The maximum absolute atomic E-state index is 11.9. The predicted octanol–water partition coefficient (Wildman–Crippen LogP) is 4.40. The van der Waals surface area contributed by atoms with Crippen LogP contribution in [0.15, 0.2) is 33.4 Å². The SMILES string of the molecule is Cc1cscc1CNC(=O)c1ccc(Cl)c(Br)c1. The Hall–Kier alpha value is -0.840. The molecule has 0 fully saturated rings. The molecule has 0 saturated carbocycles. The summed E-state index contributed by atoms with van der Waals surface area (Å²) < 4.78 is 0.725. The molecule has 1 amide bonds. The van der Waals surface area contributed by atoms with Gasteiger partial charge in [-0.3, -0.25) is 4.79 Å². The van der Waals surface area contributed by atoms with Gasteiger partial charge in [-0.15, -0.1) is 0 Å². The van der Waals surface area contributed by atoms with Crippen LogP contribution in [-0.2, 0) is 6.54 Å². The van der Waals surface area contributed by atoms with Gasteiger partial charge in [-0.1, -0.05) is 11.6 Å². The minimum atomic E-state index is -0.0991. The fraction of sp³-hybridized carbons (Fsp3) is 0.154. The Morgan fingerprint density at radius 3 is 2.83 bits per heavy atom. The van der Waals surface area contributed by atoms with Crippen molar-refractivity contribution >= 4 is 44.8 Å². The molecular formula is C13H11BrClNOS. The number of carbonyl (C=O) groups is 1. The maximum Gasteiger partial charge on any atom is 0.251 e. The van der Waals surface area contributed by atoms with Crippen molar-refractivity contribution in [1.82, 2.24) is 5.32 Å². The molecule has 0 aliphatic carbocycles. The van der Waals surface area contributed by atoms with E-state index >= 15 is 0 Å². The van der Waals surface area contributed by atoms with E-state index in [1.165, 1.54) is 5.56 Å². The Morgan fingerprint density at radius 1 is 1.44 bits per heavy atom. The van der Waals surface area contributed by atoms with E-state index in [1.807, 2.05) is 12.3 Å². The quantitative estimate of drug-likeness (QED) is 0.878. The van der Waals surface area contributed by atoms with Gasteiger partial charge in [-0.25, -0.2) is 0 Å². The van der Waals surface area contributed by atoms with Crippen LogP contribution in [-0.4, -0.2) is 5.91 Å². The molecule has 0 aliphatic heterocycles. The van der Waals surface area contributed by atoms with Gasteiger partial charge in [0.05, 0.1) is 5.02 Å². The van der Waals surface area contributed by atoms with E-state index < -0.39 is 0 Å². The lowest BCUT2D eigenvalue weighted by atomic mass is 10.2. The summed E-state index contributed by atoms with van der Waals surface area (Å²) in [5.41, 5.74) is 2.96. The molecule has 2 aromatic rings. The topological polar surface area (TPSA) is 29.1 Å². The molecule has 0 spiro atoms. The van der Waals surface area contributed by atoms with Crippen LogP contribution in [0.1, 0.15) is 21.5 Å². The zero-order chi connectivity index (χ0) is 13.1. The highest BCUT2D eigenvalue weighted by Crippen LogP contribution is 2.23. The molecular weight excluding hydrogens is 334 g/mol. The van der Waals surface area contributed by atoms with Gasteiger partial charge in [-0.05, 0) is 62.9 Å². The molecule has 0 atom stereocenters. The third-order valence-electron chi connectivity index (χ3n) is 2.58. The van der Waals surface area contributed by atoms with E-state index in [1.54, 1.807) is 29.5 Å². The fourth-order valence-corrected chi connectivity index (χ4v) is 2.84. The van der Waals surface area contributed by atoms with E-state index in [0.717, 1.165) is 10.0 Å². The van der Waals surface area contributed by atoms with E-state index in [9.17, 15) is 4.79 Å². The minimum Gasteiger partial charge on any atom is -0.348 e. The average Bonchev–Trinajstić information content (AvgIpc) is 2.75. The summed E-state index contributed by atoms with van der Waals surface area (Å²) in [4.78, 5) is 11.9. The Labute approximate surface area is 123 Å². The number of hydrogen-bond acceptors (Lipinski definition) is 2. The normalized spacial score (nSPS) is 10.4. The lowest BCUT2D eigenvalue weighted by Crippen LogP contribution is -2.22. The summed E-state index contributed by atoms with van der Waals surface area (Å²) in [5, 5.41) is 7.61. The molecule has 1 heterocycles. The van der Waals surface area contributed by atoms with Crippen molar-refractivity contribution in [3.05, 3.63) is 55.1 Å². The minimum absolute atomic E-state index is 0.0991. The van der Waals surface area contributed by atoms with Crippen LogP contribution in [0.5, 0.6) is 0 Å². The molecule has 2 nitrogen and oxygen atoms in total. The molecule has 1 aromatic carbocycles. The van der Waals surface area contributed by atoms with Gasteiger partial charge < -0.3 is 5.32 Å². The largest absolute Gasteiger partial charge is 0.348 e. The predicted molar refractivity (Wildman–Crippen MR) is 79.4 cm³/mol. The molecule has 2 rings (SSSR count). The lowest BCUT2D eigenvalue weighted by molar-refractivity contribution is 0.0951. The number of benzene rings is 1. The summed E-state index contributed by atoms with van der Waals surface area (Å²) in [6.07, 6.45) is 0. The van der Waals surface area contributed by atoms with Crippen LogP contribution in [0.25, 0.3) is 0 Å². The molecule has 1 N–H and O–H groups in total. The first-order valence-corrected chi connectivity index (χ1v) is 7.44. The van der Waals surface area contributed by atoms with Crippen molar-refractivity contribution in [3.63, 3.8) is 0 Å². The number of rotatable bonds is 3. The number of thiophene rings is 1. The summed E-state index contributed by atoms with van der Waals surface area (Å²) in [6, 6.07) is 5.14. The molecule has 0 unspecified atom stereocenters. The van der Waals surface area contributed by atoms with Gasteiger partial charge in [0.15, 0.2) is 0 Å². The van der Waals surface area contributed by atoms with Gasteiger partial charge in [-0.2, -0.15) is 11.3 Å². The molecule has 94 valence electrons.